The first-order valence-electron chi connectivity index (χ1n) is 27.5. The molecule has 6 aliphatic rings. The number of pyridine rings is 1. The van der Waals surface area contributed by atoms with Crippen LogP contribution in [0.4, 0.5) is 27.8 Å². The van der Waals surface area contributed by atoms with Crippen LogP contribution < -0.4 is 30.5 Å². The monoisotopic (exact) mass is 1060 g/mol. The number of phenolic OH excluding ortho intramolecular Hbond substituents is 1. The van der Waals surface area contributed by atoms with Crippen molar-refractivity contribution in [3.05, 3.63) is 95.9 Å². The fraction of sp³-hybridized carbons (Fsp3) is 0.509. The Morgan fingerprint density at radius 3 is 2.24 bits per heavy atom. The van der Waals surface area contributed by atoms with Crippen LogP contribution in [-0.4, -0.2) is 165 Å². The number of para-hydroxylation sites is 1. The lowest BCUT2D eigenvalue weighted by molar-refractivity contribution is -0.141. The highest BCUT2D eigenvalue weighted by Gasteiger charge is 2.45. The summed E-state index contributed by atoms with van der Waals surface area (Å²) in [4.78, 5) is 58.4. The summed E-state index contributed by atoms with van der Waals surface area (Å²) in [7, 11) is 0. The summed E-state index contributed by atoms with van der Waals surface area (Å²) in [6.07, 6.45) is 6.51. The summed E-state index contributed by atoms with van der Waals surface area (Å²) >= 11 is 0. The topological polar surface area (TPSA) is 256 Å². The number of piperidine rings is 1. The fourth-order valence-corrected chi connectivity index (χ4v) is 12.3. The highest BCUT2D eigenvalue weighted by molar-refractivity contribution is 5.91. The molecular formula is C57H69N13O8. The molecule has 4 amide bonds. The number of urea groups is 1. The van der Waals surface area contributed by atoms with Gasteiger partial charge in [0.05, 0.1) is 47.4 Å². The maximum atomic E-state index is 14.3. The van der Waals surface area contributed by atoms with E-state index >= 15 is 0 Å². The Bertz CT molecular complexity index is 2990. The maximum absolute atomic E-state index is 14.3. The van der Waals surface area contributed by atoms with Crippen LogP contribution in [0.5, 0.6) is 11.6 Å². The van der Waals surface area contributed by atoms with Gasteiger partial charge in [-0.1, -0.05) is 43.3 Å². The molecule has 2 aromatic carbocycles. The number of fused-ring (bicyclic) bond motifs is 2. The van der Waals surface area contributed by atoms with Gasteiger partial charge < -0.3 is 64.7 Å². The van der Waals surface area contributed by atoms with E-state index in [-0.39, 0.29) is 78.9 Å². The van der Waals surface area contributed by atoms with Gasteiger partial charge in [0.15, 0.2) is 17.4 Å². The number of ether oxygens (including phenoxy) is 2. The number of aromatic hydroxyl groups is 1. The van der Waals surface area contributed by atoms with E-state index < -0.39 is 18.1 Å². The number of aromatic nitrogens is 4. The number of benzene rings is 2. The Labute approximate surface area is 453 Å². The minimum Gasteiger partial charge on any atom is -0.507 e. The Hall–Kier alpha value is -7.70. The summed E-state index contributed by atoms with van der Waals surface area (Å²) < 4.78 is 18.8. The van der Waals surface area contributed by atoms with Gasteiger partial charge in [-0.05, 0) is 80.5 Å². The smallest absolute Gasteiger partial charge is 0.320 e. The first-order valence-corrected chi connectivity index (χ1v) is 27.5. The average molecular weight is 1060 g/mol. The number of phenols is 1. The molecule has 11 rings (SSSR count). The molecule has 1 unspecified atom stereocenters. The zero-order valence-electron chi connectivity index (χ0n) is 44.4. The number of nitriles is 1. The number of hydrogen-bond acceptors (Lipinski definition) is 17. The number of aliphatic hydroxyl groups is 1. The molecule has 8 heterocycles. The normalized spacial score (nSPS) is 24.2. The van der Waals surface area contributed by atoms with E-state index in [2.05, 4.69) is 58.6 Å². The van der Waals surface area contributed by atoms with Crippen LogP contribution in [0.1, 0.15) is 94.6 Å². The molecule has 5 N–H and O–H groups in total. The molecule has 3 aromatic heterocycles. The third-order valence-electron chi connectivity index (χ3n) is 16.6. The summed E-state index contributed by atoms with van der Waals surface area (Å²) in [5, 5.41) is 46.2. The predicted octanol–water partition coefficient (Wildman–Crippen LogP) is 5.46. The lowest BCUT2D eigenvalue weighted by atomic mass is 9.91. The first kappa shape index (κ1) is 52.4. The number of piperazine rings is 2. The predicted molar refractivity (Wildman–Crippen MR) is 290 cm³/mol. The quantitative estimate of drug-likeness (QED) is 0.108. The van der Waals surface area contributed by atoms with Gasteiger partial charge in [0.25, 0.3) is 0 Å². The Morgan fingerprint density at radius 1 is 0.821 bits per heavy atom. The Balaban J connectivity index is 0.609. The van der Waals surface area contributed by atoms with Crippen molar-refractivity contribution in [2.75, 3.05) is 79.3 Å². The lowest BCUT2D eigenvalue weighted by Crippen LogP contribution is -2.55. The van der Waals surface area contributed by atoms with Crippen molar-refractivity contribution in [1.82, 2.24) is 40.4 Å². The summed E-state index contributed by atoms with van der Waals surface area (Å²) in [6.45, 7) is 10.6. The minimum absolute atomic E-state index is 0.0185. The number of nitrogens with one attached hydrogen (secondary N) is 1. The standard InChI is InChI=1S/C57H69N13O8/c1-34(2)53(56(74)69-33-41(71)25-48(69)55(73)61-35(3)37-10-8-36(30-58)9-11-37)50-29-51(64-78-50)65-20-22-67(23-21-65)57(75)66-18-15-42(16-19-66)76-43-26-44(27-43)77-52-24-38(14-17-60-52)70-39-12-13-40(70)32-68(31-39)47-28-46(62-63-54(47)59)45-6-4-5-7-49(45)72/h4-11,14,17,24,28-29,34-35,39-44,48,53,71-72H,12-13,15-16,18-23,25-27,31-33H2,1-3H3,(H2,59,63)(H,61,73)/t35-,39+,40?,41+,43?,44?,48-,53-/m0/s1. The zero-order chi connectivity index (χ0) is 54.2. The molecular weight excluding hydrogens is 995 g/mol. The summed E-state index contributed by atoms with van der Waals surface area (Å²) in [6, 6.07) is 23.3. The van der Waals surface area contributed by atoms with Crippen molar-refractivity contribution in [1.29, 1.82) is 5.26 Å². The SMILES string of the molecule is CC(C)[C@H](C(=O)N1C[C@H](O)C[C@H]1C(=O)N[C@@H](C)c1ccc(C#N)cc1)c1cc(N2CCN(C(=O)N3CCC(OC4CC(Oc5cc(N6C7CC[C@@H]6CN(c6cc(-c8ccccc8O)nnc6N)C7)ccn5)C4)CC3)CC2)no1. The second kappa shape index (κ2) is 22.3. The number of aliphatic hydroxyl groups excluding tert-OH is 1. The van der Waals surface area contributed by atoms with Crippen molar-refractivity contribution in [3.63, 3.8) is 0 Å². The molecule has 6 atom stereocenters. The number of β-amino-alcohol motifs (C(OH)–C–C–N with tert-alkyl or cyclic N) is 1. The highest BCUT2D eigenvalue weighted by atomic mass is 16.5. The molecule has 2 bridgehead atoms. The molecule has 78 heavy (non-hydrogen) atoms. The number of likely N-dealkylation sites (tertiary alicyclic amines) is 2. The number of carbonyl (C=O) groups is 3. The maximum Gasteiger partial charge on any atom is 0.320 e. The van der Waals surface area contributed by atoms with Gasteiger partial charge in [-0.3, -0.25) is 9.59 Å². The van der Waals surface area contributed by atoms with Gasteiger partial charge in [0.2, 0.25) is 17.7 Å². The van der Waals surface area contributed by atoms with Crippen LogP contribution in [0, 0.1) is 17.2 Å². The summed E-state index contributed by atoms with van der Waals surface area (Å²) in [5.41, 5.74) is 10.9. The molecule has 1 saturated carbocycles. The summed E-state index contributed by atoms with van der Waals surface area (Å²) in [5.74, 6) is 0.498. The number of amides is 4. The Kier molecular flexibility index (Phi) is 15.0. The molecule has 5 saturated heterocycles. The van der Waals surface area contributed by atoms with Gasteiger partial charge >= 0.3 is 6.03 Å². The Morgan fingerprint density at radius 2 is 1.54 bits per heavy atom. The van der Waals surface area contributed by atoms with E-state index in [0.717, 1.165) is 68.6 Å². The zero-order valence-corrected chi connectivity index (χ0v) is 44.4. The van der Waals surface area contributed by atoms with E-state index in [0.29, 0.717) is 79.4 Å². The fourth-order valence-electron chi connectivity index (χ4n) is 12.3. The lowest BCUT2D eigenvalue weighted by Gasteiger charge is -2.43. The van der Waals surface area contributed by atoms with E-state index in [1.54, 1.807) is 42.5 Å². The second-order valence-corrected chi connectivity index (χ2v) is 22.1. The van der Waals surface area contributed by atoms with E-state index in [4.69, 9.17) is 25.0 Å². The molecule has 5 aliphatic heterocycles. The van der Waals surface area contributed by atoms with Crippen molar-refractivity contribution in [2.24, 2.45) is 5.92 Å². The van der Waals surface area contributed by atoms with Crippen LogP contribution in [0.25, 0.3) is 11.3 Å². The van der Waals surface area contributed by atoms with Crippen LogP contribution >= 0.6 is 0 Å². The molecule has 0 radical (unpaired) electrons. The number of nitrogen functional groups attached to an aromatic ring is 1. The van der Waals surface area contributed by atoms with Gasteiger partial charge in [-0.2, -0.15) is 5.26 Å². The van der Waals surface area contributed by atoms with Gasteiger partial charge in [0, 0.05) is 120 Å². The number of rotatable bonds is 14. The van der Waals surface area contributed by atoms with Crippen molar-refractivity contribution in [2.45, 2.75) is 120 Å². The van der Waals surface area contributed by atoms with Crippen LogP contribution in [0.15, 0.2) is 83.5 Å². The van der Waals surface area contributed by atoms with Crippen molar-refractivity contribution >= 4 is 40.9 Å². The second-order valence-electron chi connectivity index (χ2n) is 22.1. The number of nitrogens with zero attached hydrogens (tertiary/aromatic N) is 11. The van der Waals surface area contributed by atoms with E-state index in [1.807, 2.05) is 55.0 Å². The van der Waals surface area contributed by atoms with Gasteiger partial charge in [-0.15, -0.1) is 10.2 Å². The van der Waals surface area contributed by atoms with Crippen molar-refractivity contribution in [3.8, 4) is 29.0 Å². The third kappa shape index (κ3) is 10.9. The molecule has 5 aromatic rings. The van der Waals surface area contributed by atoms with E-state index in [9.17, 15) is 24.6 Å². The molecule has 410 valence electrons. The highest BCUT2D eigenvalue weighted by Crippen LogP contribution is 2.41. The largest absolute Gasteiger partial charge is 0.507 e. The minimum atomic E-state index is -0.865. The van der Waals surface area contributed by atoms with Crippen LogP contribution in [0.3, 0.4) is 0 Å². The average Bonchev–Trinajstić information content (AvgIpc) is 4.31. The number of nitrogens with two attached hydrogens (primary N) is 1. The van der Waals surface area contributed by atoms with Gasteiger partial charge in [0.1, 0.15) is 23.8 Å². The number of anilines is 4. The van der Waals surface area contributed by atoms with Crippen molar-refractivity contribution < 1.29 is 38.6 Å². The first-order chi connectivity index (χ1) is 37.8. The number of hydrogen-bond donors (Lipinski definition) is 4. The van der Waals surface area contributed by atoms with Crippen LogP contribution in [-0.2, 0) is 14.3 Å². The number of carbonyl (C=O) groups excluding carboxylic acids is 3. The molecule has 1 aliphatic carbocycles. The third-order valence-corrected chi connectivity index (χ3v) is 16.6. The molecule has 21 nitrogen and oxygen atoms in total. The van der Waals surface area contributed by atoms with Gasteiger partial charge in [-0.25, -0.2) is 9.78 Å². The molecule has 0 spiro atoms. The van der Waals surface area contributed by atoms with Crippen LogP contribution in [0.2, 0.25) is 0 Å². The van der Waals surface area contributed by atoms with E-state index in [1.165, 1.54) is 4.90 Å². The molecule has 6 fully saturated rings. The molecule has 21 heteroatoms.